The van der Waals surface area contributed by atoms with Gasteiger partial charge in [-0.25, -0.2) is 9.69 Å². The highest BCUT2D eigenvalue weighted by molar-refractivity contribution is 6.34. The molecule has 3 aromatic rings. The van der Waals surface area contributed by atoms with Crippen LogP contribution in [0.15, 0.2) is 72.8 Å². The first kappa shape index (κ1) is 21.8. The molecule has 1 aliphatic heterocycles. The molecule has 0 saturated carbocycles. The molecular weight excluding hydrogens is 422 g/mol. The van der Waals surface area contributed by atoms with Crippen LogP contribution < -0.4 is 19.1 Å². The second-order valence-corrected chi connectivity index (χ2v) is 7.08. The van der Waals surface area contributed by atoms with Crippen molar-refractivity contribution in [1.29, 1.82) is 0 Å². The molecule has 1 aliphatic rings. The van der Waals surface area contributed by atoms with Crippen molar-refractivity contribution in [3.05, 3.63) is 89.5 Å². The van der Waals surface area contributed by atoms with E-state index in [2.05, 4.69) is 0 Å². The van der Waals surface area contributed by atoms with Crippen LogP contribution in [0, 0.1) is 0 Å². The van der Waals surface area contributed by atoms with Gasteiger partial charge < -0.3 is 14.2 Å². The maximum atomic E-state index is 12.6. The lowest BCUT2D eigenvalue weighted by Crippen LogP contribution is -2.29. The van der Waals surface area contributed by atoms with Crippen molar-refractivity contribution in [3.63, 3.8) is 0 Å². The number of hydrogen-bond acceptors (Lipinski definition) is 6. The van der Waals surface area contributed by atoms with Gasteiger partial charge in [-0.05, 0) is 67.1 Å². The summed E-state index contributed by atoms with van der Waals surface area (Å²) in [6.07, 6.45) is 2.90. The van der Waals surface area contributed by atoms with Crippen LogP contribution in [-0.4, -0.2) is 31.5 Å². The quantitative estimate of drug-likeness (QED) is 0.231. The highest BCUT2D eigenvalue weighted by atomic mass is 16.5. The van der Waals surface area contributed by atoms with E-state index in [0.717, 1.165) is 10.5 Å². The van der Waals surface area contributed by atoms with Gasteiger partial charge in [-0.3, -0.25) is 9.59 Å². The van der Waals surface area contributed by atoms with Gasteiger partial charge in [0, 0.05) is 6.08 Å². The Labute approximate surface area is 190 Å². The van der Waals surface area contributed by atoms with Crippen LogP contribution in [0.4, 0.5) is 5.69 Å². The summed E-state index contributed by atoms with van der Waals surface area (Å²) in [6, 6.07) is 18.2. The SMILES string of the molecule is CCOc1ccc(/C=C/C(=O)Oc2ccc(N3C(=O)c4ccccc4C3=O)cc2)cc1OC. The molecule has 7 nitrogen and oxygen atoms in total. The van der Waals surface area contributed by atoms with Crippen LogP contribution in [0.1, 0.15) is 33.2 Å². The van der Waals surface area contributed by atoms with Crippen LogP contribution in [0.5, 0.6) is 17.2 Å². The lowest BCUT2D eigenvalue weighted by Gasteiger charge is -2.14. The Morgan fingerprint density at radius 2 is 1.58 bits per heavy atom. The second-order valence-electron chi connectivity index (χ2n) is 7.08. The summed E-state index contributed by atoms with van der Waals surface area (Å²) in [4.78, 5) is 38.5. The van der Waals surface area contributed by atoms with Gasteiger partial charge in [-0.1, -0.05) is 18.2 Å². The summed E-state index contributed by atoms with van der Waals surface area (Å²) in [5, 5.41) is 0. The third kappa shape index (κ3) is 4.48. The summed E-state index contributed by atoms with van der Waals surface area (Å²) in [6.45, 7) is 2.40. The highest BCUT2D eigenvalue weighted by Gasteiger charge is 2.36. The molecule has 166 valence electrons. The molecule has 0 fully saturated rings. The van der Waals surface area contributed by atoms with E-state index >= 15 is 0 Å². The van der Waals surface area contributed by atoms with Crippen molar-refractivity contribution in [2.24, 2.45) is 0 Å². The fourth-order valence-electron chi connectivity index (χ4n) is 3.46. The van der Waals surface area contributed by atoms with E-state index in [1.54, 1.807) is 67.8 Å². The zero-order chi connectivity index (χ0) is 23.4. The van der Waals surface area contributed by atoms with Crippen LogP contribution in [0.2, 0.25) is 0 Å². The van der Waals surface area contributed by atoms with Gasteiger partial charge in [-0.2, -0.15) is 0 Å². The highest BCUT2D eigenvalue weighted by Crippen LogP contribution is 2.30. The number of esters is 1. The number of nitrogens with zero attached hydrogens (tertiary/aromatic N) is 1. The zero-order valence-electron chi connectivity index (χ0n) is 18.1. The Hall–Kier alpha value is -4.39. The summed E-state index contributed by atoms with van der Waals surface area (Å²) < 4.78 is 16.1. The second kappa shape index (κ2) is 9.40. The van der Waals surface area contributed by atoms with Gasteiger partial charge >= 0.3 is 5.97 Å². The maximum Gasteiger partial charge on any atom is 0.336 e. The van der Waals surface area contributed by atoms with E-state index < -0.39 is 5.97 Å². The number of ether oxygens (including phenoxy) is 3. The van der Waals surface area contributed by atoms with Crippen LogP contribution >= 0.6 is 0 Å². The molecule has 0 aliphatic carbocycles. The summed E-state index contributed by atoms with van der Waals surface area (Å²) in [5.41, 5.74) is 1.88. The van der Waals surface area contributed by atoms with Gasteiger partial charge in [0.2, 0.25) is 0 Å². The summed E-state index contributed by atoms with van der Waals surface area (Å²) in [5.74, 6) is 0.141. The molecule has 0 unspecified atom stereocenters. The maximum absolute atomic E-state index is 12.6. The third-order valence-corrected chi connectivity index (χ3v) is 5.01. The minimum atomic E-state index is -0.573. The van der Waals surface area contributed by atoms with Crippen molar-refractivity contribution in [1.82, 2.24) is 0 Å². The number of rotatable bonds is 7. The molecule has 0 radical (unpaired) electrons. The standard InChI is InChI=1S/C26H21NO6/c1-3-32-22-14-8-17(16-23(22)31-2)9-15-24(28)33-19-12-10-18(11-13-19)27-25(29)20-6-4-5-7-21(20)26(27)30/h4-16H,3H2,1-2H3/b15-9+. The summed E-state index contributed by atoms with van der Waals surface area (Å²) >= 11 is 0. The monoisotopic (exact) mass is 443 g/mol. The number of carbonyl (C=O) groups excluding carboxylic acids is 3. The minimum absolute atomic E-state index is 0.286. The van der Waals surface area contributed by atoms with E-state index in [0.29, 0.717) is 34.9 Å². The van der Waals surface area contributed by atoms with Gasteiger partial charge in [0.1, 0.15) is 5.75 Å². The number of carbonyl (C=O) groups is 3. The number of hydrogen-bond donors (Lipinski definition) is 0. The fourth-order valence-corrected chi connectivity index (χ4v) is 3.46. The van der Waals surface area contributed by atoms with Crippen LogP contribution in [0.3, 0.4) is 0 Å². The van der Waals surface area contributed by atoms with Crippen molar-refractivity contribution in [2.75, 3.05) is 18.6 Å². The average molecular weight is 443 g/mol. The van der Waals surface area contributed by atoms with Gasteiger partial charge in [0.05, 0.1) is 30.5 Å². The van der Waals surface area contributed by atoms with E-state index in [1.807, 2.05) is 6.92 Å². The topological polar surface area (TPSA) is 82.1 Å². The van der Waals surface area contributed by atoms with Gasteiger partial charge in [-0.15, -0.1) is 0 Å². The molecule has 3 aromatic carbocycles. The number of imide groups is 1. The lowest BCUT2D eigenvalue weighted by molar-refractivity contribution is -0.128. The smallest absolute Gasteiger partial charge is 0.336 e. The first-order chi connectivity index (χ1) is 16.0. The molecule has 0 aromatic heterocycles. The van der Waals surface area contributed by atoms with Crippen molar-refractivity contribution in [3.8, 4) is 17.2 Å². The van der Waals surface area contributed by atoms with Crippen molar-refractivity contribution >= 4 is 29.5 Å². The molecule has 0 bridgehead atoms. The number of methoxy groups -OCH3 is 1. The first-order valence-electron chi connectivity index (χ1n) is 10.3. The van der Waals surface area contributed by atoms with Crippen LogP contribution in [-0.2, 0) is 4.79 Å². The third-order valence-electron chi connectivity index (χ3n) is 5.01. The molecule has 0 N–H and O–H groups in total. The number of benzene rings is 3. The Morgan fingerprint density at radius 3 is 2.18 bits per heavy atom. The van der Waals surface area contributed by atoms with Crippen molar-refractivity contribution in [2.45, 2.75) is 6.92 Å². The van der Waals surface area contributed by atoms with Gasteiger partial charge in [0.25, 0.3) is 11.8 Å². The van der Waals surface area contributed by atoms with E-state index in [-0.39, 0.29) is 17.6 Å². The predicted octanol–water partition coefficient (Wildman–Crippen LogP) is 4.51. The molecular formula is C26H21NO6. The normalized spacial score (nSPS) is 12.7. The molecule has 7 heteroatoms. The number of fused-ring (bicyclic) bond motifs is 1. The van der Waals surface area contributed by atoms with Crippen molar-refractivity contribution < 1.29 is 28.6 Å². The predicted molar refractivity (Wildman–Crippen MR) is 123 cm³/mol. The van der Waals surface area contributed by atoms with E-state index in [4.69, 9.17) is 14.2 Å². The largest absolute Gasteiger partial charge is 0.493 e. The molecule has 2 amide bonds. The van der Waals surface area contributed by atoms with E-state index in [1.165, 1.54) is 18.2 Å². The Morgan fingerprint density at radius 1 is 0.909 bits per heavy atom. The minimum Gasteiger partial charge on any atom is -0.493 e. The number of amides is 2. The molecule has 1 heterocycles. The molecule has 4 rings (SSSR count). The lowest BCUT2D eigenvalue weighted by atomic mass is 10.1. The Balaban J connectivity index is 1.42. The molecule has 33 heavy (non-hydrogen) atoms. The summed E-state index contributed by atoms with van der Waals surface area (Å²) in [7, 11) is 1.55. The average Bonchev–Trinajstić information content (AvgIpc) is 3.09. The molecule has 0 atom stereocenters. The fraction of sp³-hybridized carbons (Fsp3) is 0.115. The molecule has 0 spiro atoms. The molecule has 0 saturated heterocycles. The zero-order valence-corrected chi connectivity index (χ0v) is 18.1. The number of anilines is 1. The van der Waals surface area contributed by atoms with Crippen LogP contribution in [0.25, 0.3) is 6.08 Å². The Bertz CT molecular complexity index is 1210. The Kier molecular flexibility index (Phi) is 6.22. The first-order valence-corrected chi connectivity index (χ1v) is 10.3. The van der Waals surface area contributed by atoms with E-state index in [9.17, 15) is 14.4 Å². The van der Waals surface area contributed by atoms with Gasteiger partial charge in [0.15, 0.2) is 11.5 Å².